The average Bonchev–Trinajstić information content (AvgIpc) is 2.41. The lowest BCUT2D eigenvalue weighted by atomic mass is 10.2. The van der Waals surface area contributed by atoms with Crippen LogP contribution in [0.25, 0.3) is 0 Å². The van der Waals surface area contributed by atoms with E-state index < -0.39 is 11.7 Å². The number of aromatic hydroxyl groups is 1. The lowest BCUT2D eigenvalue weighted by Crippen LogP contribution is -2.17. The zero-order valence-electron chi connectivity index (χ0n) is 9.88. The summed E-state index contributed by atoms with van der Waals surface area (Å²) in [6.07, 6.45) is 1.31. The molecule has 0 bridgehead atoms. The molecule has 0 aliphatic carbocycles. The summed E-state index contributed by atoms with van der Waals surface area (Å²) >= 11 is 0. The first kappa shape index (κ1) is 12.8. The Morgan fingerprint density at radius 1 is 1.21 bits per heavy atom. The van der Waals surface area contributed by atoms with E-state index in [0.29, 0.717) is 5.56 Å². The highest BCUT2D eigenvalue weighted by Gasteiger charge is 2.04. The number of benzene rings is 2. The monoisotopic (exact) mass is 258 g/mol. The molecular formula is C14H11FN2O2. The quantitative estimate of drug-likeness (QED) is 0.655. The molecule has 96 valence electrons. The van der Waals surface area contributed by atoms with Crippen molar-refractivity contribution in [2.24, 2.45) is 5.10 Å². The van der Waals surface area contributed by atoms with Crippen LogP contribution in [0.3, 0.4) is 0 Å². The van der Waals surface area contributed by atoms with Crippen LogP contribution in [0, 0.1) is 5.82 Å². The van der Waals surface area contributed by atoms with E-state index in [9.17, 15) is 14.3 Å². The lowest BCUT2D eigenvalue weighted by molar-refractivity contribution is 0.0954. The molecule has 0 aliphatic rings. The molecule has 5 heteroatoms. The number of hydrogen-bond donors (Lipinski definition) is 2. The van der Waals surface area contributed by atoms with Gasteiger partial charge in [-0.05, 0) is 30.3 Å². The van der Waals surface area contributed by atoms with Crippen molar-refractivity contribution in [2.45, 2.75) is 0 Å². The summed E-state index contributed by atoms with van der Waals surface area (Å²) < 4.78 is 12.9. The van der Waals surface area contributed by atoms with Crippen LogP contribution in [0.4, 0.5) is 4.39 Å². The number of nitrogens with one attached hydrogen (secondary N) is 1. The first-order valence-electron chi connectivity index (χ1n) is 5.54. The van der Waals surface area contributed by atoms with Gasteiger partial charge >= 0.3 is 0 Å². The Morgan fingerprint density at radius 3 is 2.74 bits per heavy atom. The second-order valence-corrected chi connectivity index (χ2v) is 3.77. The molecule has 2 aromatic rings. The van der Waals surface area contributed by atoms with Crippen molar-refractivity contribution in [1.29, 1.82) is 0 Å². The number of hydrazone groups is 1. The number of nitrogens with zero attached hydrogens (tertiary/aromatic N) is 1. The predicted molar refractivity (Wildman–Crippen MR) is 69.6 cm³/mol. The standard InChI is InChI=1S/C14H11FN2O2/c15-12-6-3-5-10(8-12)14(19)17-16-9-11-4-1-2-7-13(11)18/h1-9,18H,(H,17,19)/b16-9-. The van der Waals surface area contributed by atoms with Crippen molar-refractivity contribution < 1.29 is 14.3 Å². The molecule has 0 atom stereocenters. The maximum Gasteiger partial charge on any atom is 0.271 e. The van der Waals surface area contributed by atoms with Crippen LogP contribution in [0.15, 0.2) is 53.6 Å². The van der Waals surface area contributed by atoms with E-state index in [0.717, 1.165) is 6.07 Å². The topological polar surface area (TPSA) is 61.7 Å². The van der Waals surface area contributed by atoms with Crippen molar-refractivity contribution in [1.82, 2.24) is 5.43 Å². The molecule has 0 unspecified atom stereocenters. The molecule has 19 heavy (non-hydrogen) atoms. The van der Waals surface area contributed by atoms with Gasteiger partial charge in [-0.3, -0.25) is 4.79 Å². The van der Waals surface area contributed by atoms with E-state index in [-0.39, 0.29) is 11.3 Å². The maximum atomic E-state index is 12.9. The molecule has 0 spiro atoms. The Balaban J connectivity index is 2.03. The van der Waals surface area contributed by atoms with Crippen LogP contribution in [0.5, 0.6) is 5.75 Å². The highest BCUT2D eigenvalue weighted by molar-refractivity contribution is 5.95. The average molecular weight is 258 g/mol. The SMILES string of the molecule is O=C(N/N=C\c1ccccc1O)c1cccc(F)c1. The number of hydrogen-bond acceptors (Lipinski definition) is 3. The lowest BCUT2D eigenvalue weighted by Gasteiger charge is -2.00. The molecule has 0 aromatic heterocycles. The number of rotatable bonds is 3. The van der Waals surface area contributed by atoms with Gasteiger partial charge in [0.05, 0.1) is 6.21 Å². The number of phenols is 1. The predicted octanol–water partition coefficient (Wildman–Crippen LogP) is 2.30. The van der Waals surface area contributed by atoms with Crippen LogP contribution < -0.4 is 5.43 Å². The van der Waals surface area contributed by atoms with E-state index in [1.54, 1.807) is 18.2 Å². The van der Waals surface area contributed by atoms with Gasteiger partial charge in [0.15, 0.2) is 0 Å². The number of halogens is 1. The third-order valence-electron chi connectivity index (χ3n) is 2.39. The van der Waals surface area contributed by atoms with E-state index in [1.165, 1.54) is 30.5 Å². The smallest absolute Gasteiger partial charge is 0.271 e. The highest BCUT2D eigenvalue weighted by Crippen LogP contribution is 2.12. The maximum absolute atomic E-state index is 12.9. The van der Waals surface area contributed by atoms with Crippen LogP contribution >= 0.6 is 0 Å². The fourth-order valence-electron chi connectivity index (χ4n) is 1.45. The zero-order valence-corrected chi connectivity index (χ0v) is 9.88. The van der Waals surface area contributed by atoms with Crippen LogP contribution in [-0.4, -0.2) is 17.2 Å². The first-order chi connectivity index (χ1) is 9.16. The second kappa shape index (κ2) is 5.77. The van der Waals surface area contributed by atoms with Gasteiger partial charge in [0.1, 0.15) is 11.6 Å². The number of carbonyl (C=O) groups is 1. The van der Waals surface area contributed by atoms with Crippen molar-refractivity contribution in [3.8, 4) is 5.75 Å². The highest BCUT2D eigenvalue weighted by atomic mass is 19.1. The third kappa shape index (κ3) is 3.38. The van der Waals surface area contributed by atoms with Gasteiger partial charge in [-0.1, -0.05) is 18.2 Å². The molecule has 0 radical (unpaired) electrons. The summed E-state index contributed by atoms with van der Waals surface area (Å²) in [6.45, 7) is 0. The van der Waals surface area contributed by atoms with Gasteiger partial charge in [-0.2, -0.15) is 5.10 Å². The minimum Gasteiger partial charge on any atom is -0.507 e. The van der Waals surface area contributed by atoms with Crippen molar-refractivity contribution in [2.75, 3.05) is 0 Å². The Hall–Kier alpha value is -2.69. The number of carbonyl (C=O) groups excluding carboxylic acids is 1. The molecule has 0 aliphatic heterocycles. The summed E-state index contributed by atoms with van der Waals surface area (Å²) in [5, 5.41) is 13.2. The molecule has 0 heterocycles. The molecule has 2 rings (SSSR count). The Kier molecular flexibility index (Phi) is 3.87. The summed E-state index contributed by atoms with van der Waals surface area (Å²) in [5.41, 5.74) is 2.90. The molecule has 1 amide bonds. The third-order valence-corrected chi connectivity index (χ3v) is 2.39. The Morgan fingerprint density at radius 2 is 2.00 bits per heavy atom. The van der Waals surface area contributed by atoms with E-state index in [1.807, 2.05) is 0 Å². The van der Waals surface area contributed by atoms with Gasteiger partial charge in [0, 0.05) is 11.1 Å². The summed E-state index contributed by atoms with van der Waals surface area (Å²) in [7, 11) is 0. The van der Waals surface area contributed by atoms with Gasteiger partial charge in [0.25, 0.3) is 5.91 Å². The summed E-state index contributed by atoms with van der Waals surface area (Å²) in [5.74, 6) is -0.949. The van der Waals surface area contributed by atoms with Crippen LogP contribution in [0.1, 0.15) is 15.9 Å². The zero-order chi connectivity index (χ0) is 13.7. The van der Waals surface area contributed by atoms with Crippen molar-refractivity contribution >= 4 is 12.1 Å². The van der Waals surface area contributed by atoms with Crippen LogP contribution in [0.2, 0.25) is 0 Å². The first-order valence-corrected chi connectivity index (χ1v) is 5.54. The molecule has 2 N–H and O–H groups in total. The normalized spacial score (nSPS) is 10.6. The largest absolute Gasteiger partial charge is 0.507 e. The molecule has 0 fully saturated rings. The van der Waals surface area contributed by atoms with Gasteiger partial charge < -0.3 is 5.11 Å². The Labute approximate surface area is 109 Å². The van der Waals surface area contributed by atoms with Crippen molar-refractivity contribution in [3.63, 3.8) is 0 Å². The molecule has 4 nitrogen and oxygen atoms in total. The number of para-hydroxylation sites is 1. The van der Waals surface area contributed by atoms with Crippen LogP contribution in [-0.2, 0) is 0 Å². The number of amides is 1. The molecule has 0 saturated carbocycles. The van der Waals surface area contributed by atoms with E-state index >= 15 is 0 Å². The fourth-order valence-corrected chi connectivity index (χ4v) is 1.45. The number of phenolic OH excluding ortho intramolecular Hbond substituents is 1. The summed E-state index contributed by atoms with van der Waals surface area (Å²) in [6, 6.07) is 11.9. The van der Waals surface area contributed by atoms with Crippen molar-refractivity contribution in [3.05, 3.63) is 65.5 Å². The van der Waals surface area contributed by atoms with Gasteiger partial charge in [-0.15, -0.1) is 0 Å². The molecule has 2 aromatic carbocycles. The van der Waals surface area contributed by atoms with E-state index in [2.05, 4.69) is 10.5 Å². The van der Waals surface area contributed by atoms with Gasteiger partial charge in [-0.25, -0.2) is 9.82 Å². The Bertz CT molecular complexity index is 626. The minimum absolute atomic E-state index is 0.0613. The summed E-state index contributed by atoms with van der Waals surface area (Å²) in [4.78, 5) is 11.6. The molecular weight excluding hydrogens is 247 g/mol. The minimum atomic E-state index is -0.522. The van der Waals surface area contributed by atoms with Gasteiger partial charge in [0.2, 0.25) is 0 Å². The molecule has 0 saturated heterocycles. The fraction of sp³-hybridized carbons (Fsp3) is 0. The van der Waals surface area contributed by atoms with E-state index in [4.69, 9.17) is 0 Å². The second-order valence-electron chi connectivity index (χ2n) is 3.77.